The Morgan fingerprint density at radius 2 is 1.92 bits per heavy atom. The Kier molecular flexibility index (Phi) is 5.66. The molecular weight excluding hydrogens is 324 g/mol. The largest absolute Gasteiger partial charge is 0.481 e. The van der Waals surface area contributed by atoms with Gasteiger partial charge in [0.2, 0.25) is 5.91 Å². The van der Waals surface area contributed by atoms with Gasteiger partial charge in [0.15, 0.2) is 6.61 Å². The van der Waals surface area contributed by atoms with Gasteiger partial charge in [0.1, 0.15) is 11.8 Å². The van der Waals surface area contributed by atoms with E-state index in [1.54, 1.807) is 30.9 Å². The Labute approximate surface area is 147 Å². The van der Waals surface area contributed by atoms with Crippen LogP contribution in [-0.2, 0) is 9.59 Å². The summed E-state index contributed by atoms with van der Waals surface area (Å²) < 4.78 is 5.26. The number of ether oxygens (including phenoxy) is 1. The van der Waals surface area contributed by atoms with Crippen LogP contribution >= 0.6 is 0 Å². The number of benzene rings is 1. The Morgan fingerprint density at radius 1 is 1.32 bits per heavy atom. The number of carboxylic acid groups (broad SMARTS) is 1. The minimum absolute atomic E-state index is 0.0572. The number of hydrogen-bond acceptors (Lipinski definition) is 4. The highest BCUT2D eigenvalue weighted by atomic mass is 16.5. The summed E-state index contributed by atoms with van der Waals surface area (Å²) in [6, 6.07) is 2.89. The summed E-state index contributed by atoms with van der Waals surface area (Å²) in [5, 5.41) is 11.5. The Balaban J connectivity index is 2.10. The highest BCUT2D eigenvalue weighted by molar-refractivity contribution is 5.98. The van der Waals surface area contributed by atoms with Gasteiger partial charge in [0.25, 0.3) is 5.91 Å². The van der Waals surface area contributed by atoms with E-state index in [-0.39, 0.29) is 17.9 Å². The standard InChI is InChI=1S/C18H24N2O5/c1-10(2)20-6-5-14(18(20)24)19-17(23)13-7-11(3)16(12(4)8-13)25-9-15(21)22/h7-8,10,14H,5-6,9H2,1-4H3,(H,19,23)(H,21,22). The summed E-state index contributed by atoms with van der Waals surface area (Å²) in [5.74, 6) is -0.977. The van der Waals surface area contributed by atoms with Crippen molar-refractivity contribution < 1.29 is 24.2 Å². The van der Waals surface area contributed by atoms with Crippen molar-refractivity contribution in [1.29, 1.82) is 0 Å². The van der Waals surface area contributed by atoms with Crippen molar-refractivity contribution in [3.8, 4) is 5.75 Å². The van der Waals surface area contributed by atoms with Crippen LogP contribution in [0, 0.1) is 13.8 Å². The fourth-order valence-electron chi connectivity index (χ4n) is 3.03. The molecule has 0 spiro atoms. The van der Waals surface area contributed by atoms with Gasteiger partial charge in [-0.3, -0.25) is 9.59 Å². The smallest absolute Gasteiger partial charge is 0.341 e. The van der Waals surface area contributed by atoms with Crippen LogP contribution in [0.2, 0.25) is 0 Å². The van der Waals surface area contributed by atoms with Crippen LogP contribution in [0.1, 0.15) is 41.8 Å². The molecule has 25 heavy (non-hydrogen) atoms. The molecule has 0 radical (unpaired) electrons. The number of aryl methyl sites for hydroxylation is 2. The Hall–Kier alpha value is -2.57. The number of carbonyl (C=O) groups is 3. The quantitative estimate of drug-likeness (QED) is 0.812. The molecule has 1 aromatic carbocycles. The van der Waals surface area contributed by atoms with Crippen LogP contribution in [0.4, 0.5) is 0 Å². The van der Waals surface area contributed by atoms with E-state index in [1.165, 1.54) is 0 Å². The van der Waals surface area contributed by atoms with Crippen molar-refractivity contribution in [2.45, 2.75) is 46.2 Å². The maximum atomic E-state index is 12.5. The number of amides is 2. The zero-order chi connectivity index (χ0) is 18.7. The fourth-order valence-corrected chi connectivity index (χ4v) is 3.03. The molecule has 7 heteroatoms. The summed E-state index contributed by atoms with van der Waals surface area (Å²) in [6.45, 7) is 7.61. The van der Waals surface area contributed by atoms with Crippen molar-refractivity contribution in [2.75, 3.05) is 13.2 Å². The lowest BCUT2D eigenvalue weighted by Gasteiger charge is -2.21. The molecule has 136 valence electrons. The van der Waals surface area contributed by atoms with Crippen LogP contribution in [-0.4, -0.2) is 53.0 Å². The van der Waals surface area contributed by atoms with E-state index in [2.05, 4.69) is 5.32 Å². The van der Waals surface area contributed by atoms with Gasteiger partial charge in [0, 0.05) is 18.2 Å². The SMILES string of the molecule is Cc1cc(C(=O)NC2CCN(C(C)C)C2=O)cc(C)c1OCC(=O)O. The highest BCUT2D eigenvalue weighted by Crippen LogP contribution is 2.25. The average molecular weight is 348 g/mol. The molecule has 7 nitrogen and oxygen atoms in total. The Morgan fingerprint density at radius 3 is 2.40 bits per heavy atom. The second kappa shape index (κ2) is 7.55. The van der Waals surface area contributed by atoms with Gasteiger partial charge in [-0.25, -0.2) is 4.79 Å². The summed E-state index contributed by atoms with van der Waals surface area (Å²) in [6.07, 6.45) is 0.598. The molecule has 2 N–H and O–H groups in total. The van der Waals surface area contributed by atoms with Gasteiger partial charge >= 0.3 is 5.97 Å². The normalized spacial score (nSPS) is 17.1. The summed E-state index contributed by atoms with van der Waals surface area (Å²) in [7, 11) is 0. The van der Waals surface area contributed by atoms with Crippen molar-refractivity contribution in [3.63, 3.8) is 0 Å². The van der Waals surface area contributed by atoms with E-state index >= 15 is 0 Å². The van der Waals surface area contributed by atoms with Gasteiger partial charge in [0.05, 0.1) is 0 Å². The van der Waals surface area contributed by atoms with Crippen LogP contribution < -0.4 is 10.1 Å². The lowest BCUT2D eigenvalue weighted by Crippen LogP contribution is -2.43. The van der Waals surface area contributed by atoms with Crippen molar-refractivity contribution in [3.05, 3.63) is 28.8 Å². The van der Waals surface area contributed by atoms with Crippen molar-refractivity contribution >= 4 is 17.8 Å². The number of aliphatic carboxylic acids is 1. The number of carbonyl (C=O) groups excluding carboxylic acids is 2. The maximum absolute atomic E-state index is 12.5. The summed E-state index contributed by atoms with van der Waals surface area (Å²) in [4.78, 5) is 37.2. The van der Waals surface area contributed by atoms with E-state index in [4.69, 9.17) is 9.84 Å². The molecule has 1 heterocycles. The predicted molar refractivity (Wildman–Crippen MR) is 91.8 cm³/mol. The molecule has 0 saturated carbocycles. The fraction of sp³-hybridized carbons (Fsp3) is 0.500. The molecule has 1 saturated heterocycles. The molecular formula is C18H24N2O5. The summed E-state index contributed by atoms with van der Waals surface area (Å²) >= 11 is 0. The number of rotatable bonds is 6. The number of nitrogens with one attached hydrogen (secondary N) is 1. The maximum Gasteiger partial charge on any atom is 0.341 e. The molecule has 1 aliphatic rings. The number of hydrogen-bond donors (Lipinski definition) is 2. The molecule has 0 bridgehead atoms. The summed E-state index contributed by atoms with van der Waals surface area (Å²) in [5.41, 5.74) is 1.77. The molecule has 0 aliphatic carbocycles. The molecule has 2 rings (SSSR count). The molecule has 1 unspecified atom stereocenters. The third kappa shape index (κ3) is 4.29. The average Bonchev–Trinajstić information content (AvgIpc) is 2.87. The first kappa shape index (κ1) is 18.8. The third-order valence-electron chi connectivity index (χ3n) is 4.23. The van der Waals surface area contributed by atoms with Gasteiger partial charge in [-0.15, -0.1) is 0 Å². The van der Waals surface area contributed by atoms with Crippen molar-refractivity contribution in [1.82, 2.24) is 10.2 Å². The first-order chi connectivity index (χ1) is 11.7. The minimum atomic E-state index is -1.06. The molecule has 2 amide bonds. The lowest BCUT2D eigenvalue weighted by molar-refractivity contribution is -0.139. The monoisotopic (exact) mass is 348 g/mol. The van der Waals surface area contributed by atoms with Gasteiger partial charge in [-0.05, 0) is 57.4 Å². The molecule has 0 aromatic heterocycles. The van der Waals surface area contributed by atoms with Gasteiger partial charge in [-0.2, -0.15) is 0 Å². The van der Waals surface area contributed by atoms with Crippen LogP contribution in [0.3, 0.4) is 0 Å². The van der Waals surface area contributed by atoms with E-state index in [0.29, 0.717) is 35.4 Å². The van der Waals surface area contributed by atoms with E-state index in [9.17, 15) is 14.4 Å². The predicted octanol–water partition coefficient (Wildman–Crippen LogP) is 1.51. The molecule has 1 aliphatic heterocycles. The third-order valence-corrected chi connectivity index (χ3v) is 4.23. The van der Waals surface area contributed by atoms with Crippen molar-refractivity contribution in [2.24, 2.45) is 0 Å². The van der Waals surface area contributed by atoms with Gasteiger partial charge < -0.3 is 20.1 Å². The molecule has 1 fully saturated rings. The highest BCUT2D eigenvalue weighted by Gasteiger charge is 2.34. The Bertz CT molecular complexity index is 676. The zero-order valence-corrected chi connectivity index (χ0v) is 15.0. The van der Waals surface area contributed by atoms with E-state index < -0.39 is 18.6 Å². The second-order valence-electron chi connectivity index (χ2n) is 6.56. The number of carboxylic acids is 1. The molecule has 1 atom stereocenters. The van der Waals surface area contributed by atoms with Crippen LogP contribution in [0.15, 0.2) is 12.1 Å². The second-order valence-corrected chi connectivity index (χ2v) is 6.56. The van der Waals surface area contributed by atoms with E-state index in [1.807, 2.05) is 13.8 Å². The van der Waals surface area contributed by atoms with Crippen LogP contribution in [0.5, 0.6) is 5.75 Å². The number of nitrogens with zero attached hydrogens (tertiary/aromatic N) is 1. The topological polar surface area (TPSA) is 95.9 Å². The van der Waals surface area contributed by atoms with Crippen LogP contribution in [0.25, 0.3) is 0 Å². The minimum Gasteiger partial charge on any atom is -0.481 e. The van der Waals surface area contributed by atoms with E-state index in [0.717, 1.165) is 0 Å². The molecule has 1 aromatic rings. The zero-order valence-electron chi connectivity index (χ0n) is 15.0. The van der Waals surface area contributed by atoms with Gasteiger partial charge in [-0.1, -0.05) is 0 Å². The lowest BCUT2D eigenvalue weighted by atomic mass is 10.0. The first-order valence-electron chi connectivity index (χ1n) is 8.28. The first-order valence-corrected chi connectivity index (χ1v) is 8.28. The number of likely N-dealkylation sites (tertiary alicyclic amines) is 1.